The molecule has 106 valence electrons. The van der Waals surface area contributed by atoms with Gasteiger partial charge in [0.15, 0.2) is 0 Å². The molecular weight excluding hydrogens is 406 g/mol. The maximum absolute atomic E-state index is 12.2. The van der Waals surface area contributed by atoms with E-state index in [2.05, 4.69) is 36.6 Å². The Morgan fingerprint density at radius 2 is 1.60 bits per heavy atom. The molecule has 3 nitrogen and oxygen atoms in total. The number of sulfonamides is 1. The summed E-state index contributed by atoms with van der Waals surface area (Å²) in [6.45, 7) is 0.285. The molecule has 1 N–H and O–H groups in total. The van der Waals surface area contributed by atoms with Gasteiger partial charge in [-0.15, -0.1) is 0 Å². The highest BCUT2D eigenvalue weighted by Crippen LogP contribution is 2.24. The zero-order valence-corrected chi connectivity index (χ0v) is 14.4. The minimum absolute atomic E-state index is 0.0686. The van der Waals surface area contributed by atoms with Gasteiger partial charge in [-0.05, 0) is 33.6 Å². The van der Waals surface area contributed by atoms with Crippen LogP contribution < -0.4 is 4.72 Å². The van der Waals surface area contributed by atoms with Crippen molar-refractivity contribution in [2.45, 2.75) is 9.72 Å². The van der Waals surface area contributed by atoms with E-state index in [1.165, 1.54) is 0 Å². The van der Waals surface area contributed by atoms with Crippen LogP contribution in [0.15, 0.2) is 64.0 Å². The maximum atomic E-state index is 12.2. The molecule has 0 radical (unpaired) electrons. The third-order valence-corrected chi connectivity index (χ3v) is 6.03. The van der Waals surface area contributed by atoms with Gasteiger partial charge in [-0.2, -0.15) is 0 Å². The Kier molecular flexibility index (Phi) is 5.37. The van der Waals surface area contributed by atoms with Crippen molar-refractivity contribution in [3.63, 3.8) is 0 Å². The number of alkyl halides is 1. The Labute approximate surface area is 135 Å². The molecule has 2 aromatic rings. The van der Waals surface area contributed by atoms with Crippen LogP contribution >= 0.6 is 31.9 Å². The summed E-state index contributed by atoms with van der Waals surface area (Å²) in [6.07, 6.45) is 0. The van der Waals surface area contributed by atoms with Crippen LogP contribution in [-0.4, -0.2) is 15.0 Å². The van der Waals surface area contributed by atoms with Crippen LogP contribution in [-0.2, 0) is 10.0 Å². The number of rotatable bonds is 5. The van der Waals surface area contributed by atoms with Crippen LogP contribution in [0, 0.1) is 0 Å². The quantitative estimate of drug-likeness (QED) is 0.749. The summed E-state index contributed by atoms with van der Waals surface area (Å²) in [5.41, 5.74) is 1.03. The zero-order valence-electron chi connectivity index (χ0n) is 10.5. The van der Waals surface area contributed by atoms with E-state index in [0.29, 0.717) is 4.47 Å². The van der Waals surface area contributed by atoms with Gasteiger partial charge >= 0.3 is 0 Å². The standard InChI is InChI=1S/C14H13Br2NO2S/c15-12-8-4-5-9-14(12)20(18,19)17-10-13(16)11-6-2-1-3-7-11/h1-9,13,17H,10H2. The van der Waals surface area contributed by atoms with E-state index in [1.54, 1.807) is 24.3 Å². The Balaban J connectivity index is 2.09. The van der Waals surface area contributed by atoms with Crippen molar-refractivity contribution in [2.24, 2.45) is 0 Å². The lowest BCUT2D eigenvalue weighted by Gasteiger charge is -2.12. The maximum Gasteiger partial charge on any atom is 0.241 e. The van der Waals surface area contributed by atoms with Crippen LogP contribution in [0.3, 0.4) is 0 Å². The summed E-state index contributed by atoms with van der Waals surface area (Å²) in [6, 6.07) is 16.4. The Hall–Kier alpha value is -0.690. The first-order valence-corrected chi connectivity index (χ1v) is 9.13. The van der Waals surface area contributed by atoms with E-state index in [0.717, 1.165) is 5.56 Å². The summed E-state index contributed by atoms with van der Waals surface area (Å²) < 4.78 is 27.6. The third-order valence-electron chi connectivity index (χ3n) is 2.74. The Morgan fingerprint density at radius 1 is 1.00 bits per heavy atom. The van der Waals surface area contributed by atoms with Crippen molar-refractivity contribution in [2.75, 3.05) is 6.54 Å². The zero-order chi connectivity index (χ0) is 14.6. The average Bonchev–Trinajstić information content (AvgIpc) is 2.46. The fraction of sp³-hybridized carbons (Fsp3) is 0.143. The van der Waals surface area contributed by atoms with E-state index in [9.17, 15) is 8.42 Å². The molecule has 1 atom stereocenters. The number of nitrogens with one attached hydrogen (secondary N) is 1. The largest absolute Gasteiger partial charge is 0.241 e. The molecule has 0 aliphatic heterocycles. The molecule has 0 spiro atoms. The van der Waals surface area contributed by atoms with Gasteiger partial charge < -0.3 is 0 Å². The highest BCUT2D eigenvalue weighted by molar-refractivity contribution is 9.10. The molecule has 0 bridgehead atoms. The third kappa shape index (κ3) is 3.91. The molecule has 0 saturated carbocycles. The molecule has 0 aliphatic rings. The van der Waals surface area contributed by atoms with Gasteiger partial charge in [-0.3, -0.25) is 0 Å². The summed E-state index contributed by atoms with van der Waals surface area (Å²) in [5, 5.41) is 0. The summed E-state index contributed by atoms with van der Waals surface area (Å²) in [5.74, 6) is 0. The highest BCUT2D eigenvalue weighted by Gasteiger charge is 2.18. The van der Waals surface area contributed by atoms with Gasteiger partial charge in [0.25, 0.3) is 0 Å². The molecular formula is C14H13Br2NO2S. The molecule has 0 saturated heterocycles. The SMILES string of the molecule is O=S(=O)(NCC(Br)c1ccccc1)c1ccccc1Br. The summed E-state index contributed by atoms with van der Waals surface area (Å²) in [4.78, 5) is 0.175. The van der Waals surface area contributed by atoms with Crippen LogP contribution in [0.25, 0.3) is 0 Å². The van der Waals surface area contributed by atoms with Crippen LogP contribution in [0.1, 0.15) is 10.4 Å². The van der Waals surface area contributed by atoms with E-state index < -0.39 is 10.0 Å². The Morgan fingerprint density at radius 3 is 2.25 bits per heavy atom. The van der Waals surface area contributed by atoms with Crippen molar-refractivity contribution < 1.29 is 8.42 Å². The van der Waals surface area contributed by atoms with Crippen LogP contribution in [0.4, 0.5) is 0 Å². The molecule has 6 heteroatoms. The summed E-state index contributed by atoms with van der Waals surface area (Å²) in [7, 11) is -3.52. The lowest BCUT2D eigenvalue weighted by Crippen LogP contribution is -2.27. The number of hydrogen-bond donors (Lipinski definition) is 1. The average molecular weight is 419 g/mol. The van der Waals surface area contributed by atoms with E-state index in [1.807, 2.05) is 30.3 Å². The van der Waals surface area contributed by atoms with Gasteiger partial charge in [0.05, 0.1) is 9.72 Å². The Bertz CT molecular complexity index is 675. The minimum atomic E-state index is -3.52. The number of hydrogen-bond acceptors (Lipinski definition) is 2. The van der Waals surface area contributed by atoms with Crippen LogP contribution in [0.2, 0.25) is 0 Å². The minimum Gasteiger partial charge on any atom is -0.210 e. The van der Waals surface area contributed by atoms with E-state index in [4.69, 9.17) is 0 Å². The first-order chi connectivity index (χ1) is 9.50. The van der Waals surface area contributed by atoms with E-state index >= 15 is 0 Å². The molecule has 0 heterocycles. The molecule has 20 heavy (non-hydrogen) atoms. The first kappa shape index (κ1) is 15.7. The highest BCUT2D eigenvalue weighted by atomic mass is 79.9. The lowest BCUT2D eigenvalue weighted by atomic mass is 10.2. The van der Waals surface area contributed by atoms with Gasteiger partial charge in [0.2, 0.25) is 10.0 Å². The molecule has 2 aromatic carbocycles. The van der Waals surface area contributed by atoms with Crippen molar-refractivity contribution >= 4 is 41.9 Å². The smallest absolute Gasteiger partial charge is 0.210 e. The predicted molar refractivity (Wildman–Crippen MR) is 87.4 cm³/mol. The molecule has 0 aromatic heterocycles. The van der Waals surface area contributed by atoms with Crippen LogP contribution in [0.5, 0.6) is 0 Å². The molecule has 2 rings (SSSR count). The lowest BCUT2D eigenvalue weighted by molar-refractivity contribution is 0.581. The van der Waals surface area contributed by atoms with E-state index in [-0.39, 0.29) is 16.3 Å². The van der Waals surface area contributed by atoms with Gasteiger partial charge in [0, 0.05) is 11.0 Å². The van der Waals surface area contributed by atoms with Gasteiger partial charge in [0.1, 0.15) is 0 Å². The number of benzene rings is 2. The molecule has 0 aliphatic carbocycles. The normalized spacial score (nSPS) is 13.1. The second-order valence-electron chi connectivity index (χ2n) is 4.16. The second kappa shape index (κ2) is 6.85. The monoisotopic (exact) mass is 417 g/mol. The fourth-order valence-electron chi connectivity index (χ4n) is 1.70. The predicted octanol–water partition coefficient (Wildman–Crippen LogP) is 3.86. The van der Waals surface area contributed by atoms with Gasteiger partial charge in [-0.1, -0.05) is 58.4 Å². The summed E-state index contributed by atoms with van der Waals surface area (Å²) >= 11 is 6.74. The van der Waals surface area contributed by atoms with Crippen molar-refractivity contribution in [3.05, 3.63) is 64.6 Å². The fourth-order valence-corrected chi connectivity index (χ4v) is 4.43. The number of halogens is 2. The van der Waals surface area contributed by atoms with Gasteiger partial charge in [-0.25, -0.2) is 13.1 Å². The molecule has 0 amide bonds. The topological polar surface area (TPSA) is 46.2 Å². The van der Waals surface area contributed by atoms with Crippen molar-refractivity contribution in [1.29, 1.82) is 0 Å². The van der Waals surface area contributed by atoms with Crippen molar-refractivity contribution in [3.8, 4) is 0 Å². The second-order valence-corrected chi connectivity index (χ2v) is 7.86. The van der Waals surface area contributed by atoms with Crippen molar-refractivity contribution in [1.82, 2.24) is 4.72 Å². The first-order valence-electron chi connectivity index (χ1n) is 5.94. The molecule has 0 fully saturated rings. The molecule has 1 unspecified atom stereocenters.